The summed E-state index contributed by atoms with van der Waals surface area (Å²) in [6, 6.07) is 10.8. The van der Waals surface area contributed by atoms with Crippen molar-refractivity contribution in [3.63, 3.8) is 0 Å². The molecule has 0 saturated carbocycles. The molecule has 0 spiro atoms. The highest BCUT2D eigenvalue weighted by atomic mass is 127. The number of ether oxygens (including phenoxy) is 2. The lowest BCUT2D eigenvalue weighted by atomic mass is 10.1. The molecule has 8 heteroatoms. The van der Waals surface area contributed by atoms with Gasteiger partial charge in [0.15, 0.2) is 5.96 Å². The number of methoxy groups -OCH3 is 2. The number of hydrogen-bond donors (Lipinski definition) is 2. The number of guanidine groups is 1. The fourth-order valence-corrected chi connectivity index (χ4v) is 2.78. The highest BCUT2D eigenvalue weighted by Gasteiger charge is 2.08. The van der Waals surface area contributed by atoms with Crippen LogP contribution in [0.25, 0.3) is 0 Å². The maximum atomic E-state index is 13.9. The molecule has 0 aliphatic rings. The topological polar surface area (TPSA) is 58.1 Å². The molecule has 0 radical (unpaired) electrons. The van der Waals surface area contributed by atoms with Crippen LogP contribution in [0.15, 0.2) is 41.4 Å². The van der Waals surface area contributed by atoms with Gasteiger partial charge in [-0.05, 0) is 43.9 Å². The molecule has 0 amide bonds. The van der Waals surface area contributed by atoms with E-state index in [9.17, 15) is 4.39 Å². The van der Waals surface area contributed by atoms with Gasteiger partial charge in [-0.25, -0.2) is 4.39 Å². The Kier molecular flexibility index (Phi) is 10.7. The van der Waals surface area contributed by atoms with Crippen molar-refractivity contribution in [2.75, 3.05) is 35.4 Å². The predicted molar refractivity (Wildman–Crippen MR) is 126 cm³/mol. The third-order valence-electron chi connectivity index (χ3n) is 4.22. The molecule has 29 heavy (non-hydrogen) atoms. The SMILES string of the molecule is CN=C(NCc1ccc(F)c(CN(C)C)c1)NCc1ccc(OC)cc1OC.I. The molecule has 0 aliphatic heterocycles. The van der Waals surface area contributed by atoms with Crippen molar-refractivity contribution in [2.24, 2.45) is 4.99 Å². The van der Waals surface area contributed by atoms with E-state index in [0.29, 0.717) is 31.2 Å². The minimum absolute atomic E-state index is 0. The zero-order valence-electron chi connectivity index (χ0n) is 17.6. The largest absolute Gasteiger partial charge is 0.497 e. The van der Waals surface area contributed by atoms with Crippen molar-refractivity contribution in [3.05, 3.63) is 58.9 Å². The van der Waals surface area contributed by atoms with Crippen molar-refractivity contribution in [1.29, 1.82) is 0 Å². The molecular formula is C21H30FIN4O2. The van der Waals surface area contributed by atoms with Crippen molar-refractivity contribution in [2.45, 2.75) is 19.6 Å². The van der Waals surface area contributed by atoms with Gasteiger partial charge in [0.2, 0.25) is 0 Å². The molecule has 2 rings (SSSR count). The van der Waals surface area contributed by atoms with Crippen molar-refractivity contribution in [3.8, 4) is 11.5 Å². The smallest absolute Gasteiger partial charge is 0.191 e. The first-order valence-electron chi connectivity index (χ1n) is 9.04. The first-order chi connectivity index (χ1) is 13.5. The summed E-state index contributed by atoms with van der Waals surface area (Å²) in [6.45, 7) is 1.65. The Bertz CT molecular complexity index is 815. The van der Waals surface area contributed by atoms with Gasteiger partial charge in [-0.1, -0.05) is 6.07 Å². The fraction of sp³-hybridized carbons (Fsp3) is 0.381. The van der Waals surface area contributed by atoms with Gasteiger partial charge in [-0.3, -0.25) is 4.99 Å². The molecule has 0 unspecified atom stereocenters. The minimum atomic E-state index is -0.188. The Morgan fingerprint density at radius 1 is 1.00 bits per heavy atom. The summed E-state index contributed by atoms with van der Waals surface area (Å²) < 4.78 is 24.6. The van der Waals surface area contributed by atoms with Crippen molar-refractivity contribution < 1.29 is 13.9 Å². The predicted octanol–water partition coefficient (Wildman–Crippen LogP) is 3.39. The second kappa shape index (κ2) is 12.5. The molecule has 2 aromatic rings. The monoisotopic (exact) mass is 516 g/mol. The summed E-state index contributed by atoms with van der Waals surface area (Å²) in [5.74, 6) is 1.95. The normalized spacial score (nSPS) is 11.1. The summed E-state index contributed by atoms with van der Waals surface area (Å²) in [5, 5.41) is 6.52. The van der Waals surface area contributed by atoms with Crippen LogP contribution in [0.4, 0.5) is 4.39 Å². The summed E-state index contributed by atoms with van der Waals surface area (Å²) in [7, 11) is 8.80. The van der Waals surface area contributed by atoms with Gasteiger partial charge < -0.3 is 25.0 Å². The lowest BCUT2D eigenvalue weighted by Crippen LogP contribution is -2.36. The third-order valence-corrected chi connectivity index (χ3v) is 4.22. The summed E-state index contributed by atoms with van der Waals surface area (Å²) >= 11 is 0. The first-order valence-corrected chi connectivity index (χ1v) is 9.04. The highest BCUT2D eigenvalue weighted by Crippen LogP contribution is 2.24. The van der Waals surface area contributed by atoms with E-state index in [0.717, 1.165) is 22.6 Å². The Balaban J connectivity index is 0.00000420. The Hall–Kier alpha value is -2.07. The van der Waals surface area contributed by atoms with Gasteiger partial charge in [0, 0.05) is 43.9 Å². The minimum Gasteiger partial charge on any atom is -0.497 e. The van der Waals surface area contributed by atoms with E-state index in [1.807, 2.05) is 43.3 Å². The Morgan fingerprint density at radius 3 is 2.34 bits per heavy atom. The summed E-state index contributed by atoms with van der Waals surface area (Å²) in [5.41, 5.74) is 2.65. The third kappa shape index (κ3) is 7.69. The van der Waals surface area contributed by atoms with Gasteiger partial charge in [0.1, 0.15) is 17.3 Å². The standard InChI is InChI=1S/C21H29FN4O2.HI/c1-23-21(25-13-16-7-8-18(27-4)11-20(16)28-5)24-12-15-6-9-19(22)17(10-15)14-26(2)3;/h6-11H,12-14H2,1-5H3,(H2,23,24,25);1H. The average molecular weight is 516 g/mol. The van der Waals surface area contributed by atoms with Crippen LogP contribution in [0.2, 0.25) is 0 Å². The highest BCUT2D eigenvalue weighted by molar-refractivity contribution is 14.0. The number of hydrogen-bond acceptors (Lipinski definition) is 4. The molecule has 0 heterocycles. The molecule has 6 nitrogen and oxygen atoms in total. The number of benzene rings is 2. The molecule has 160 valence electrons. The van der Waals surface area contributed by atoms with Crippen LogP contribution in [0.3, 0.4) is 0 Å². The van der Waals surface area contributed by atoms with Gasteiger partial charge in [-0.15, -0.1) is 24.0 Å². The Labute approximate surface area is 189 Å². The lowest BCUT2D eigenvalue weighted by Gasteiger charge is -2.15. The van der Waals surface area contributed by atoms with E-state index in [4.69, 9.17) is 9.47 Å². The number of aliphatic imine (C=N–C) groups is 1. The van der Waals surface area contributed by atoms with Crippen LogP contribution in [0.1, 0.15) is 16.7 Å². The van der Waals surface area contributed by atoms with E-state index >= 15 is 0 Å². The summed E-state index contributed by atoms with van der Waals surface area (Å²) in [6.07, 6.45) is 0. The van der Waals surface area contributed by atoms with Gasteiger partial charge in [-0.2, -0.15) is 0 Å². The van der Waals surface area contributed by atoms with Crippen LogP contribution in [-0.2, 0) is 19.6 Å². The van der Waals surface area contributed by atoms with Crippen LogP contribution < -0.4 is 20.1 Å². The molecule has 0 saturated heterocycles. The number of rotatable bonds is 8. The zero-order chi connectivity index (χ0) is 20.5. The molecular weight excluding hydrogens is 486 g/mol. The van der Waals surface area contributed by atoms with Crippen LogP contribution >= 0.6 is 24.0 Å². The van der Waals surface area contributed by atoms with Crippen LogP contribution in [0.5, 0.6) is 11.5 Å². The van der Waals surface area contributed by atoms with E-state index in [-0.39, 0.29) is 29.8 Å². The van der Waals surface area contributed by atoms with Gasteiger partial charge >= 0.3 is 0 Å². The molecule has 0 aliphatic carbocycles. The second-order valence-electron chi connectivity index (χ2n) is 6.62. The Morgan fingerprint density at radius 2 is 1.72 bits per heavy atom. The second-order valence-corrected chi connectivity index (χ2v) is 6.62. The maximum absolute atomic E-state index is 13.9. The van der Waals surface area contributed by atoms with Crippen LogP contribution in [0, 0.1) is 5.82 Å². The van der Waals surface area contributed by atoms with E-state index in [1.54, 1.807) is 27.3 Å². The van der Waals surface area contributed by atoms with Crippen LogP contribution in [-0.4, -0.2) is 46.2 Å². The molecule has 0 bridgehead atoms. The van der Waals surface area contributed by atoms with Crippen molar-refractivity contribution in [1.82, 2.24) is 15.5 Å². The molecule has 0 fully saturated rings. The number of halogens is 2. The van der Waals surface area contributed by atoms with E-state index in [1.165, 1.54) is 6.07 Å². The summed E-state index contributed by atoms with van der Waals surface area (Å²) in [4.78, 5) is 6.19. The molecule has 2 N–H and O–H groups in total. The quantitative estimate of drug-likeness (QED) is 0.320. The van der Waals surface area contributed by atoms with Gasteiger partial charge in [0.25, 0.3) is 0 Å². The molecule has 2 aromatic carbocycles. The van der Waals surface area contributed by atoms with E-state index in [2.05, 4.69) is 15.6 Å². The maximum Gasteiger partial charge on any atom is 0.191 e. The number of nitrogens with one attached hydrogen (secondary N) is 2. The molecule has 0 aromatic heterocycles. The fourth-order valence-electron chi connectivity index (χ4n) is 2.78. The number of nitrogens with zero attached hydrogens (tertiary/aromatic N) is 2. The first kappa shape index (κ1) is 25.0. The average Bonchev–Trinajstić information content (AvgIpc) is 2.69. The molecule has 0 atom stereocenters. The lowest BCUT2D eigenvalue weighted by molar-refractivity contribution is 0.390. The zero-order valence-corrected chi connectivity index (χ0v) is 19.9. The van der Waals surface area contributed by atoms with Gasteiger partial charge in [0.05, 0.1) is 14.2 Å². The van der Waals surface area contributed by atoms with Crippen molar-refractivity contribution >= 4 is 29.9 Å². The van der Waals surface area contributed by atoms with E-state index < -0.39 is 0 Å².